The Balaban J connectivity index is 2.03. The number of hydrogen-bond donors (Lipinski definition) is 1. The third-order valence-electron chi connectivity index (χ3n) is 2.40. The number of benzene rings is 1. The van der Waals surface area contributed by atoms with Gasteiger partial charge < -0.3 is 10.1 Å². The molecule has 1 saturated heterocycles. The van der Waals surface area contributed by atoms with Gasteiger partial charge >= 0.3 is 0 Å². The van der Waals surface area contributed by atoms with Crippen molar-refractivity contribution in [2.24, 2.45) is 0 Å². The van der Waals surface area contributed by atoms with E-state index in [1.165, 1.54) is 5.56 Å². The minimum absolute atomic E-state index is 0.242. The molecule has 1 aliphatic heterocycles. The van der Waals surface area contributed by atoms with Crippen LogP contribution in [0.1, 0.15) is 10.4 Å². The van der Waals surface area contributed by atoms with Crippen LogP contribution >= 0.6 is 15.9 Å². The maximum absolute atomic E-state index is 5.68. The lowest BCUT2D eigenvalue weighted by molar-refractivity contribution is 0.0285. The summed E-state index contributed by atoms with van der Waals surface area (Å²) in [5, 5.41) is 3.33. The van der Waals surface area contributed by atoms with E-state index in [0.717, 1.165) is 19.7 Å². The van der Waals surface area contributed by atoms with Gasteiger partial charge in [0.05, 0.1) is 17.5 Å². The van der Waals surface area contributed by atoms with E-state index < -0.39 is 0 Å². The summed E-state index contributed by atoms with van der Waals surface area (Å²) in [6.45, 7) is 2.69. The van der Waals surface area contributed by atoms with Crippen molar-refractivity contribution in [2.45, 2.75) is 10.9 Å². The lowest BCUT2D eigenvalue weighted by Gasteiger charge is -2.27. The van der Waals surface area contributed by atoms with Crippen molar-refractivity contribution in [3.05, 3.63) is 35.9 Å². The van der Waals surface area contributed by atoms with Crippen LogP contribution in [0.15, 0.2) is 30.3 Å². The smallest absolute Gasteiger partial charge is 0.0865 e. The molecule has 0 unspecified atom stereocenters. The molecule has 2 atom stereocenters. The van der Waals surface area contributed by atoms with Crippen molar-refractivity contribution < 1.29 is 4.74 Å². The minimum atomic E-state index is 0.242. The van der Waals surface area contributed by atoms with Crippen molar-refractivity contribution in [1.82, 2.24) is 5.32 Å². The van der Waals surface area contributed by atoms with Gasteiger partial charge in [-0.15, -0.1) is 0 Å². The summed E-state index contributed by atoms with van der Waals surface area (Å²) in [7, 11) is 0. The van der Waals surface area contributed by atoms with E-state index in [9.17, 15) is 0 Å². The first kappa shape index (κ1) is 10.1. The number of halogens is 1. The molecule has 0 spiro atoms. The zero-order valence-corrected chi connectivity index (χ0v) is 9.53. The van der Waals surface area contributed by atoms with Crippen molar-refractivity contribution in [3.63, 3.8) is 0 Å². The lowest BCUT2D eigenvalue weighted by atomic mass is 10.1. The minimum Gasteiger partial charge on any atom is -0.374 e. The quantitative estimate of drug-likeness (QED) is 0.818. The molecular weight excluding hydrogens is 242 g/mol. The van der Waals surface area contributed by atoms with Crippen LogP contribution in [0.4, 0.5) is 0 Å². The molecule has 1 aromatic rings. The monoisotopic (exact) mass is 255 g/mol. The molecule has 0 aromatic heterocycles. The van der Waals surface area contributed by atoms with E-state index in [-0.39, 0.29) is 10.9 Å². The molecule has 0 saturated carbocycles. The van der Waals surface area contributed by atoms with Gasteiger partial charge in [0.25, 0.3) is 0 Å². The van der Waals surface area contributed by atoms with Crippen molar-refractivity contribution in [1.29, 1.82) is 0 Å². The average Bonchev–Trinajstić information content (AvgIpc) is 2.30. The van der Waals surface area contributed by atoms with Crippen LogP contribution in [0, 0.1) is 0 Å². The number of morpholine rings is 1. The van der Waals surface area contributed by atoms with E-state index in [1.54, 1.807) is 0 Å². The Morgan fingerprint density at radius 3 is 2.79 bits per heavy atom. The first-order chi connectivity index (χ1) is 6.88. The topological polar surface area (TPSA) is 21.3 Å². The van der Waals surface area contributed by atoms with Gasteiger partial charge in [0.15, 0.2) is 0 Å². The number of hydrogen-bond acceptors (Lipinski definition) is 2. The second kappa shape index (κ2) is 4.91. The maximum atomic E-state index is 5.68. The van der Waals surface area contributed by atoms with Crippen LogP contribution in [0.3, 0.4) is 0 Å². The molecule has 76 valence electrons. The van der Waals surface area contributed by atoms with E-state index in [2.05, 4.69) is 45.5 Å². The summed E-state index contributed by atoms with van der Waals surface area (Å²) in [4.78, 5) is 0.288. The zero-order valence-electron chi connectivity index (χ0n) is 7.95. The Kier molecular flexibility index (Phi) is 3.56. The first-order valence-electron chi connectivity index (χ1n) is 4.89. The Morgan fingerprint density at radius 2 is 2.14 bits per heavy atom. The standard InChI is InChI=1S/C11H14BrNO/c12-11(9-4-2-1-3-5-9)10-8-13-6-7-14-10/h1-5,10-11,13H,6-8H2/t10-,11+/m0/s1. The molecule has 1 N–H and O–H groups in total. The summed E-state index contributed by atoms with van der Waals surface area (Å²) in [6.07, 6.45) is 0.242. The fourth-order valence-corrected chi connectivity index (χ4v) is 2.27. The van der Waals surface area contributed by atoms with Crippen molar-refractivity contribution in [3.8, 4) is 0 Å². The maximum Gasteiger partial charge on any atom is 0.0865 e. The number of rotatable bonds is 2. The summed E-state index contributed by atoms with van der Waals surface area (Å²) >= 11 is 3.68. The SMILES string of the molecule is Br[C@H](c1ccccc1)[C@@H]1CNCCO1. The average molecular weight is 256 g/mol. The molecule has 1 aliphatic rings. The summed E-state index contributed by atoms with van der Waals surface area (Å²) in [5.74, 6) is 0. The van der Waals surface area contributed by atoms with Gasteiger partial charge in [0.2, 0.25) is 0 Å². The number of ether oxygens (including phenoxy) is 1. The van der Waals surface area contributed by atoms with E-state index in [0.29, 0.717) is 0 Å². The van der Waals surface area contributed by atoms with Gasteiger partial charge in [0, 0.05) is 13.1 Å². The number of alkyl halides is 1. The molecule has 1 heterocycles. The van der Waals surface area contributed by atoms with E-state index in [4.69, 9.17) is 4.74 Å². The molecule has 2 nitrogen and oxygen atoms in total. The normalized spacial score (nSPS) is 24.5. The van der Waals surface area contributed by atoms with Crippen LogP contribution in [0.5, 0.6) is 0 Å². The fourth-order valence-electron chi connectivity index (χ4n) is 1.63. The molecule has 14 heavy (non-hydrogen) atoms. The predicted molar refractivity (Wildman–Crippen MR) is 60.7 cm³/mol. The van der Waals surface area contributed by atoms with Crippen LogP contribution in [0.25, 0.3) is 0 Å². The predicted octanol–water partition coefficient (Wildman–Crippen LogP) is 2.11. The van der Waals surface area contributed by atoms with Gasteiger partial charge in [-0.1, -0.05) is 46.3 Å². The van der Waals surface area contributed by atoms with Gasteiger partial charge in [-0.3, -0.25) is 0 Å². The largest absolute Gasteiger partial charge is 0.374 e. The summed E-state index contributed by atoms with van der Waals surface area (Å²) in [5.41, 5.74) is 1.28. The molecule has 2 rings (SSSR count). The third kappa shape index (κ3) is 2.35. The number of nitrogens with one attached hydrogen (secondary N) is 1. The van der Waals surface area contributed by atoms with Crippen molar-refractivity contribution in [2.75, 3.05) is 19.7 Å². The molecule has 0 aliphatic carbocycles. The molecule has 0 amide bonds. The Labute approximate surface area is 92.8 Å². The highest BCUT2D eigenvalue weighted by Gasteiger charge is 2.22. The van der Waals surface area contributed by atoms with Crippen LogP contribution in [0.2, 0.25) is 0 Å². The molecule has 1 fully saturated rings. The molecule has 3 heteroatoms. The zero-order chi connectivity index (χ0) is 9.80. The Bertz CT molecular complexity index is 272. The highest BCUT2D eigenvalue weighted by Crippen LogP contribution is 2.28. The fraction of sp³-hybridized carbons (Fsp3) is 0.455. The first-order valence-corrected chi connectivity index (χ1v) is 5.81. The Hall–Kier alpha value is -0.380. The van der Waals surface area contributed by atoms with E-state index >= 15 is 0 Å². The van der Waals surface area contributed by atoms with E-state index in [1.807, 2.05) is 6.07 Å². The second-order valence-electron chi connectivity index (χ2n) is 3.43. The Morgan fingerprint density at radius 1 is 1.36 bits per heavy atom. The highest BCUT2D eigenvalue weighted by molar-refractivity contribution is 9.09. The molecular formula is C11H14BrNO. The van der Waals surface area contributed by atoms with Gasteiger partial charge in [0.1, 0.15) is 0 Å². The summed E-state index contributed by atoms with van der Waals surface area (Å²) in [6, 6.07) is 10.4. The highest BCUT2D eigenvalue weighted by atomic mass is 79.9. The van der Waals surface area contributed by atoms with Crippen molar-refractivity contribution >= 4 is 15.9 Å². The molecule has 0 radical (unpaired) electrons. The van der Waals surface area contributed by atoms with Crippen LogP contribution in [-0.2, 0) is 4.74 Å². The van der Waals surface area contributed by atoms with Gasteiger partial charge in [-0.05, 0) is 5.56 Å². The molecule has 1 aromatic carbocycles. The lowest BCUT2D eigenvalue weighted by Crippen LogP contribution is -2.40. The van der Waals surface area contributed by atoms with Gasteiger partial charge in [-0.25, -0.2) is 0 Å². The van der Waals surface area contributed by atoms with Gasteiger partial charge in [-0.2, -0.15) is 0 Å². The van der Waals surface area contributed by atoms with Crippen LogP contribution in [-0.4, -0.2) is 25.8 Å². The third-order valence-corrected chi connectivity index (χ3v) is 3.52. The second-order valence-corrected chi connectivity index (χ2v) is 4.41. The van der Waals surface area contributed by atoms with Crippen LogP contribution < -0.4 is 5.32 Å². The summed E-state index contributed by atoms with van der Waals surface area (Å²) < 4.78 is 5.68. The molecule has 0 bridgehead atoms.